The van der Waals surface area contributed by atoms with Crippen molar-refractivity contribution in [3.8, 4) is 11.5 Å². The van der Waals surface area contributed by atoms with Gasteiger partial charge in [-0.3, -0.25) is 24.2 Å². The third-order valence-corrected chi connectivity index (χ3v) is 7.34. The summed E-state index contributed by atoms with van der Waals surface area (Å²) in [4.78, 5) is 45.0. The lowest BCUT2D eigenvalue weighted by Gasteiger charge is -2.38. The number of ketones is 1. The standard InChI is InChI=1S/C29H24N2O5/c1-17-7-6-8-18(2)25(17)30-27-24(26(33)21-9-4-5-10-22(21)36-27)29(28(30)34)16-15-23(32)31(29)19-11-13-20(35-3)14-12-19/h4-16,24,27H,1-3H3. The molecule has 180 valence electrons. The number of hydrogen-bond acceptors (Lipinski definition) is 5. The Kier molecular flexibility index (Phi) is 4.80. The predicted octanol–water partition coefficient (Wildman–Crippen LogP) is 4.22. The number of carbonyl (C=O) groups excluding carboxylic acids is 3. The third-order valence-electron chi connectivity index (χ3n) is 7.34. The van der Waals surface area contributed by atoms with Crippen LogP contribution in [0.1, 0.15) is 21.5 Å². The fourth-order valence-corrected chi connectivity index (χ4v) is 5.75. The summed E-state index contributed by atoms with van der Waals surface area (Å²) in [7, 11) is 1.56. The molecule has 7 heteroatoms. The van der Waals surface area contributed by atoms with Crippen molar-refractivity contribution in [2.24, 2.45) is 5.92 Å². The average Bonchev–Trinajstić information content (AvgIpc) is 3.34. The Hall–Kier alpha value is -4.39. The average molecular weight is 481 g/mol. The molecule has 2 amide bonds. The summed E-state index contributed by atoms with van der Waals surface area (Å²) in [6, 6.07) is 19.7. The molecule has 1 spiro atoms. The van der Waals surface area contributed by atoms with E-state index in [2.05, 4.69) is 0 Å². The molecule has 3 aliphatic heterocycles. The highest BCUT2D eigenvalue weighted by molar-refractivity contribution is 6.23. The number of aryl methyl sites for hydroxylation is 2. The van der Waals surface area contributed by atoms with E-state index in [1.54, 1.807) is 66.6 Å². The van der Waals surface area contributed by atoms with Crippen molar-refractivity contribution in [3.63, 3.8) is 0 Å². The first-order valence-electron chi connectivity index (χ1n) is 11.8. The molecule has 0 radical (unpaired) electrons. The maximum Gasteiger partial charge on any atom is 0.261 e. The smallest absolute Gasteiger partial charge is 0.261 e. The second-order valence-electron chi connectivity index (χ2n) is 9.29. The zero-order valence-electron chi connectivity index (χ0n) is 20.1. The van der Waals surface area contributed by atoms with Gasteiger partial charge in [0.25, 0.3) is 11.8 Å². The Labute approximate surface area is 208 Å². The number of nitrogens with zero attached hydrogens (tertiary/aromatic N) is 2. The van der Waals surface area contributed by atoms with Crippen molar-refractivity contribution in [2.45, 2.75) is 25.6 Å². The first-order chi connectivity index (χ1) is 17.4. The predicted molar refractivity (Wildman–Crippen MR) is 134 cm³/mol. The van der Waals surface area contributed by atoms with Gasteiger partial charge in [0.05, 0.1) is 18.4 Å². The second-order valence-corrected chi connectivity index (χ2v) is 9.29. The third kappa shape index (κ3) is 2.83. The van der Waals surface area contributed by atoms with E-state index in [9.17, 15) is 14.4 Å². The molecule has 3 atom stereocenters. The van der Waals surface area contributed by atoms with Gasteiger partial charge in [-0.05, 0) is 67.4 Å². The zero-order chi connectivity index (χ0) is 25.2. The molecule has 3 heterocycles. The zero-order valence-corrected chi connectivity index (χ0v) is 20.1. The summed E-state index contributed by atoms with van der Waals surface area (Å²) < 4.78 is 11.7. The van der Waals surface area contributed by atoms with Crippen LogP contribution in [-0.2, 0) is 9.59 Å². The molecule has 0 N–H and O–H groups in total. The van der Waals surface area contributed by atoms with Gasteiger partial charge >= 0.3 is 0 Å². The first-order valence-corrected chi connectivity index (χ1v) is 11.8. The fourth-order valence-electron chi connectivity index (χ4n) is 5.75. The Morgan fingerprint density at radius 2 is 1.58 bits per heavy atom. The largest absolute Gasteiger partial charge is 0.497 e. The highest BCUT2D eigenvalue weighted by Crippen LogP contribution is 2.52. The van der Waals surface area contributed by atoms with Gasteiger partial charge in [-0.25, -0.2) is 0 Å². The lowest BCUT2D eigenvalue weighted by atomic mass is 9.78. The van der Waals surface area contributed by atoms with Gasteiger partial charge in [-0.2, -0.15) is 0 Å². The van der Waals surface area contributed by atoms with E-state index in [1.165, 1.54) is 11.0 Å². The minimum absolute atomic E-state index is 0.234. The molecule has 0 bridgehead atoms. The SMILES string of the molecule is COc1ccc(N2C(=O)C=CC23C(=O)N(c2c(C)cccc2C)C2Oc4ccccc4C(=O)C23)cc1. The number of methoxy groups -OCH3 is 1. The number of hydrogen-bond donors (Lipinski definition) is 0. The topological polar surface area (TPSA) is 76.2 Å². The van der Waals surface area contributed by atoms with E-state index in [0.29, 0.717) is 28.4 Å². The van der Waals surface area contributed by atoms with Crippen molar-refractivity contribution in [1.82, 2.24) is 0 Å². The van der Waals surface area contributed by atoms with E-state index < -0.39 is 17.7 Å². The summed E-state index contributed by atoms with van der Waals surface area (Å²) >= 11 is 0. The second kappa shape index (κ2) is 7.81. The number of rotatable bonds is 3. The first kappa shape index (κ1) is 22.1. The van der Waals surface area contributed by atoms with Crippen LogP contribution in [0.3, 0.4) is 0 Å². The summed E-state index contributed by atoms with van der Waals surface area (Å²) in [5.74, 6) is -0.915. The van der Waals surface area contributed by atoms with Gasteiger partial charge in [0.2, 0.25) is 0 Å². The minimum Gasteiger partial charge on any atom is -0.497 e. The molecular weight excluding hydrogens is 456 g/mol. The van der Waals surface area contributed by atoms with Gasteiger partial charge in [-0.1, -0.05) is 30.3 Å². The highest BCUT2D eigenvalue weighted by Gasteiger charge is 2.69. The monoisotopic (exact) mass is 480 g/mol. The van der Waals surface area contributed by atoms with Crippen molar-refractivity contribution < 1.29 is 23.9 Å². The number of amides is 2. The molecule has 1 fully saturated rings. The minimum atomic E-state index is -1.57. The van der Waals surface area contributed by atoms with Crippen LogP contribution in [0.5, 0.6) is 11.5 Å². The fraction of sp³-hybridized carbons (Fsp3) is 0.207. The van der Waals surface area contributed by atoms with Crippen LogP contribution in [0.2, 0.25) is 0 Å². The lowest BCUT2D eigenvalue weighted by molar-refractivity contribution is -0.123. The summed E-state index contributed by atoms with van der Waals surface area (Å²) in [6.07, 6.45) is 2.03. The number of Topliss-reactive ketones (excluding diaryl/α,β-unsaturated/α-hetero) is 1. The maximum atomic E-state index is 14.6. The normalized spacial score (nSPS) is 24.2. The maximum absolute atomic E-state index is 14.6. The number of anilines is 2. The van der Waals surface area contributed by atoms with E-state index >= 15 is 0 Å². The summed E-state index contributed by atoms with van der Waals surface area (Å²) in [5, 5.41) is 0. The van der Waals surface area contributed by atoms with Gasteiger partial charge in [0.1, 0.15) is 17.4 Å². The van der Waals surface area contributed by atoms with Crippen LogP contribution >= 0.6 is 0 Å². The Morgan fingerprint density at radius 3 is 2.28 bits per heavy atom. The van der Waals surface area contributed by atoms with Gasteiger partial charge < -0.3 is 9.47 Å². The Morgan fingerprint density at radius 1 is 0.889 bits per heavy atom. The molecule has 0 aliphatic carbocycles. The molecule has 3 aromatic carbocycles. The van der Waals surface area contributed by atoms with E-state index in [1.807, 2.05) is 32.0 Å². The van der Waals surface area contributed by atoms with Gasteiger partial charge in [-0.15, -0.1) is 0 Å². The molecule has 3 aromatic rings. The molecule has 3 unspecified atom stereocenters. The number of ether oxygens (including phenoxy) is 2. The molecule has 0 aromatic heterocycles. The quantitative estimate of drug-likeness (QED) is 0.561. The van der Waals surface area contributed by atoms with Crippen LogP contribution < -0.4 is 19.3 Å². The molecule has 36 heavy (non-hydrogen) atoms. The van der Waals surface area contributed by atoms with Crippen molar-refractivity contribution in [2.75, 3.05) is 16.9 Å². The van der Waals surface area contributed by atoms with Crippen LogP contribution in [-0.4, -0.2) is 36.5 Å². The molecule has 7 nitrogen and oxygen atoms in total. The van der Waals surface area contributed by atoms with E-state index in [4.69, 9.17) is 9.47 Å². The van der Waals surface area contributed by atoms with Crippen LogP contribution in [0, 0.1) is 19.8 Å². The van der Waals surface area contributed by atoms with Gasteiger partial charge in [0, 0.05) is 11.8 Å². The molecular formula is C29H24N2O5. The van der Waals surface area contributed by atoms with Gasteiger partial charge in [0.15, 0.2) is 17.6 Å². The molecule has 0 saturated carbocycles. The summed E-state index contributed by atoms with van der Waals surface area (Å²) in [6.45, 7) is 3.84. The molecule has 3 aliphatic rings. The van der Waals surface area contributed by atoms with Crippen LogP contribution in [0.4, 0.5) is 11.4 Å². The highest BCUT2D eigenvalue weighted by atomic mass is 16.5. The van der Waals surface area contributed by atoms with Crippen molar-refractivity contribution in [1.29, 1.82) is 0 Å². The number of para-hydroxylation sites is 2. The molecule has 1 saturated heterocycles. The van der Waals surface area contributed by atoms with E-state index in [0.717, 1.165) is 11.1 Å². The lowest BCUT2D eigenvalue weighted by Crippen LogP contribution is -2.58. The Balaban J connectivity index is 1.60. The van der Waals surface area contributed by atoms with Crippen LogP contribution in [0.15, 0.2) is 78.9 Å². The van der Waals surface area contributed by atoms with Crippen molar-refractivity contribution in [3.05, 3.63) is 95.6 Å². The van der Waals surface area contributed by atoms with Crippen molar-refractivity contribution >= 4 is 29.0 Å². The Bertz CT molecular complexity index is 1440. The van der Waals surface area contributed by atoms with Crippen LogP contribution in [0.25, 0.3) is 0 Å². The molecule has 6 rings (SSSR count). The number of fused-ring (bicyclic) bond motifs is 3. The number of carbonyl (C=O) groups is 3. The number of benzene rings is 3. The summed E-state index contributed by atoms with van der Waals surface area (Å²) in [5.41, 5.74) is 1.75. The van der Waals surface area contributed by atoms with E-state index in [-0.39, 0.29) is 17.6 Å².